The van der Waals surface area contributed by atoms with Crippen molar-refractivity contribution in [3.63, 3.8) is 0 Å². The molecule has 3 aromatic rings. The zero-order valence-electron chi connectivity index (χ0n) is 14.4. The summed E-state index contributed by atoms with van der Waals surface area (Å²) in [6.07, 6.45) is 5.69. The highest BCUT2D eigenvalue weighted by molar-refractivity contribution is 5.93. The minimum Gasteiger partial charge on any atom is -0.366 e. The third-order valence-corrected chi connectivity index (χ3v) is 4.94. The van der Waals surface area contributed by atoms with E-state index in [1.54, 1.807) is 18.3 Å². The topological polar surface area (TPSA) is 87.9 Å². The third kappa shape index (κ3) is 3.18. The fraction of sp³-hybridized carbons (Fsp3) is 0.250. The van der Waals surface area contributed by atoms with E-state index >= 15 is 0 Å². The summed E-state index contributed by atoms with van der Waals surface area (Å²) in [5.41, 5.74) is 9.37. The summed E-state index contributed by atoms with van der Waals surface area (Å²) in [6.45, 7) is 1.75. The SMILES string of the molecule is NC(=O)c1ccnc(N2CCCC(c3[nH]ncc3-c3ccccc3)C2)c1. The lowest BCUT2D eigenvalue weighted by Gasteiger charge is -2.33. The quantitative estimate of drug-likeness (QED) is 0.759. The van der Waals surface area contributed by atoms with Gasteiger partial charge in [0.2, 0.25) is 5.91 Å². The highest BCUT2D eigenvalue weighted by atomic mass is 16.1. The van der Waals surface area contributed by atoms with Crippen molar-refractivity contribution in [2.45, 2.75) is 18.8 Å². The number of anilines is 1. The van der Waals surface area contributed by atoms with Crippen molar-refractivity contribution in [1.29, 1.82) is 0 Å². The van der Waals surface area contributed by atoms with Gasteiger partial charge in [0, 0.05) is 42.0 Å². The highest BCUT2D eigenvalue weighted by Crippen LogP contribution is 2.34. The van der Waals surface area contributed by atoms with Crippen LogP contribution >= 0.6 is 0 Å². The highest BCUT2D eigenvalue weighted by Gasteiger charge is 2.26. The molecule has 1 aromatic carbocycles. The molecule has 3 N–H and O–H groups in total. The Kier molecular flexibility index (Phi) is 4.39. The molecule has 1 fully saturated rings. The number of aromatic amines is 1. The van der Waals surface area contributed by atoms with E-state index in [2.05, 4.69) is 32.2 Å². The van der Waals surface area contributed by atoms with Crippen LogP contribution in [0.2, 0.25) is 0 Å². The molecule has 0 bridgehead atoms. The first kappa shape index (κ1) is 16.3. The monoisotopic (exact) mass is 347 g/mol. The number of aromatic nitrogens is 3. The van der Waals surface area contributed by atoms with E-state index in [9.17, 15) is 4.79 Å². The molecule has 1 aliphatic heterocycles. The number of hydrogen-bond donors (Lipinski definition) is 2. The molecule has 1 unspecified atom stereocenters. The summed E-state index contributed by atoms with van der Waals surface area (Å²) in [7, 11) is 0. The normalized spacial score (nSPS) is 17.2. The van der Waals surface area contributed by atoms with E-state index < -0.39 is 5.91 Å². The number of carbonyl (C=O) groups excluding carboxylic acids is 1. The molecule has 1 amide bonds. The first-order chi connectivity index (χ1) is 12.7. The van der Waals surface area contributed by atoms with Crippen molar-refractivity contribution in [2.75, 3.05) is 18.0 Å². The molecule has 0 spiro atoms. The molecule has 1 saturated heterocycles. The second-order valence-corrected chi connectivity index (χ2v) is 6.62. The largest absolute Gasteiger partial charge is 0.366 e. The van der Waals surface area contributed by atoms with E-state index in [1.165, 1.54) is 5.56 Å². The first-order valence-corrected chi connectivity index (χ1v) is 8.82. The predicted molar refractivity (Wildman–Crippen MR) is 101 cm³/mol. The number of nitrogens with zero attached hydrogens (tertiary/aromatic N) is 3. The average molecular weight is 347 g/mol. The molecule has 3 heterocycles. The number of carbonyl (C=O) groups is 1. The van der Waals surface area contributed by atoms with Crippen LogP contribution in [0.25, 0.3) is 11.1 Å². The lowest BCUT2D eigenvalue weighted by atomic mass is 9.90. The number of piperidine rings is 1. The van der Waals surface area contributed by atoms with Gasteiger partial charge in [-0.15, -0.1) is 0 Å². The molecular weight excluding hydrogens is 326 g/mol. The van der Waals surface area contributed by atoms with Gasteiger partial charge in [-0.25, -0.2) is 4.98 Å². The Labute approximate surface area is 152 Å². The molecular formula is C20H21N5O. The van der Waals surface area contributed by atoms with E-state index in [0.717, 1.165) is 43.0 Å². The van der Waals surface area contributed by atoms with Gasteiger partial charge in [-0.1, -0.05) is 30.3 Å². The summed E-state index contributed by atoms with van der Waals surface area (Å²) in [5, 5.41) is 7.49. The fourth-order valence-electron chi connectivity index (χ4n) is 3.62. The van der Waals surface area contributed by atoms with Gasteiger partial charge in [0.05, 0.1) is 6.20 Å². The maximum Gasteiger partial charge on any atom is 0.248 e. The summed E-state index contributed by atoms with van der Waals surface area (Å²) in [5.74, 6) is 0.703. The van der Waals surface area contributed by atoms with Gasteiger partial charge < -0.3 is 10.6 Å². The maximum atomic E-state index is 11.5. The molecule has 0 saturated carbocycles. The number of rotatable bonds is 4. The van der Waals surface area contributed by atoms with Gasteiger partial charge in [-0.3, -0.25) is 9.89 Å². The summed E-state index contributed by atoms with van der Waals surface area (Å²) < 4.78 is 0. The fourth-order valence-corrected chi connectivity index (χ4v) is 3.62. The number of nitrogens with two attached hydrogens (primary N) is 1. The van der Waals surface area contributed by atoms with Crippen LogP contribution in [0.3, 0.4) is 0 Å². The zero-order chi connectivity index (χ0) is 17.9. The van der Waals surface area contributed by atoms with E-state index in [4.69, 9.17) is 5.73 Å². The second kappa shape index (κ2) is 7.00. The molecule has 6 nitrogen and oxygen atoms in total. The molecule has 2 aromatic heterocycles. The number of H-pyrrole nitrogens is 1. The van der Waals surface area contributed by atoms with Crippen molar-refractivity contribution in [3.8, 4) is 11.1 Å². The molecule has 0 radical (unpaired) electrons. The van der Waals surface area contributed by atoms with Crippen molar-refractivity contribution >= 4 is 11.7 Å². The number of amides is 1. The van der Waals surface area contributed by atoms with Gasteiger partial charge in [0.15, 0.2) is 0 Å². The zero-order valence-corrected chi connectivity index (χ0v) is 14.4. The molecule has 1 aliphatic rings. The molecule has 0 aliphatic carbocycles. The van der Waals surface area contributed by atoms with Gasteiger partial charge in [0.25, 0.3) is 0 Å². The van der Waals surface area contributed by atoms with Crippen molar-refractivity contribution in [3.05, 3.63) is 66.1 Å². The first-order valence-electron chi connectivity index (χ1n) is 8.82. The van der Waals surface area contributed by atoms with Crippen LogP contribution < -0.4 is 10.6 Å². The van der Waals surface area contributed by atoms with Crippen LogP contribution in [-0.2, 0) is 0 Å². The molecule has 4 rings (SSSR count). The Morgan fingerprint density at radius 1 is 1.23 bits per heavy atom. The van der Waals surface area contributed by atoms with Crippen LogP contribution in [0.5, 0.6) is 0 Å². The Balaban J connectivity index is 1.60. The molecule has 6 heteroatoms. The van der Waals surface area contributed by atoms with E-state index in [0.29, 0.717) is 11.5 Å². The predicted octanol–water partition coefficient (Wildman–Crippen LogP) is 2.95. The second-order valence-electron chi connectivity index (χ2n) is 6.62. The third-order valence-electron chi connectivity index (χ3n) is 4.94. The molecule has 132 valence electrons. The van der Waals surface area contributed by atoms with Crippen LogP contribution in [-0.4, -0.2) is 34.2 Å². The van der Waals surface area contributed by atoms with Crippen molar-refractivity contribution in [2.24, 2.45) is 5.73 Å². The Hall–Kier alpha value is -3.15. The maximum absolute atomic E-state index is 11.5. The van der Waals surface area contributed by atoms with Crippen LogP contribution in [0, 0.1) is 0 Å². The lowest BCUT2D eigenvalue weighted by molar-refractivity contribution is 0.1000. The standard InChI is InChI=1S/C20H21N5O/c21-20(26)15-8-9-22-18(11-15)25-10-4-7-16(13-25)19-17(12-23-24-19)14-5-2-1-3-6-14/h1-3,5-6,8-9,11-12,16H,4,7,10,13H2,(H2,21,26)(H,23,24). The van der Waals surface area contributed by atoms with Gasteiger partial charge >= 0.3 is 0 Å². The number of hydrogen-bond acceptors (Lipinski definition) is 4. The number of nitrogens with one attached hydrogen (secondary N) is 1. The Morgan fingerprint density at radius 3 is 2.88 bits per heavy atom. The van der Waals surface area contributed by atoms with E-state index in [1.807, 2.05) is 24.4 Å². The summed E-state index contributed by atoms with van der Waals surface area (Å²) in [6, 6.07) is 13.7. The minimum atomic E-state index is -0.429. The van der Waals surface area contributed by atoms with Crippen LogP contribution in [0.1, 0.15) is 34.8 Å². The van der Waals surface area contributed by atoms with Crippen LogP contribution in [0.15, 0.2) is 54.9 Å². The summed E-state index contributed by atoms with van der Waals surface area (Å²) >= 11 is 0. The van der Waals surface area contributed by atoms with Gasteiger partial charge in [0.1, 0.15) is 5.82 Å². The number of benzene rings is 1. The number of pyridine rings is 1. The van der Waals surface area contributed by atoms with Crippen molar-refractivity contribution < 1.29 is 4.79 Å². The molecule has 26 heavy (non-hydrogen) atoms. The molecule has 1 atom stereocenters. The Morgan fingerprint density at radius 2 is 2.08 bits per heavy atom. The average Bonchev–Trinajstić information content (AvgIpc) is 3.19. The van der Waals surface area contributed by atoms with Gasteiger partial charge in [-0.05, 0) is 30.5 Å². The van der Waals surface area contributed by atoms with E-state index in [-0.39, 0.29) is 0 Å². The lowest BCUT2D eigenvalue weighted by Crippen LogP contribution is -2.35. The Bertz CT molecular complexity index is 905. The summed E-state index contributed by atoms with van der Waals surface area (Å²) in [4.78, 5) is 18.1. The van der Waals surface area contributed by atoms with Crippen LogP contribution in [0.4, 0.5) is 5.82 Å². The number of primary amides is 1. The van der Waals surface area contributed by atoms with Gasteiger partial charge in [-0.2, -0.15) is 5.10 Å². The van der Waals surface area contributed by atoms with Crippen molar-refractivity contribution in [1.82, 2.24) is 15.2 Å². The minimum absolute atomic E-state index is 0.334. The smallest absolute Gasteiger partial charge is 0.248 e.